The van der Waals surface area contributed by atoms with Crippen molar-refractivity contribution in [3.05, 3.63) is 47.5 Å². The third kappa shape index (κ3) is 9.75. The van der Waals surface area contributed by atoms with E-state index in [4.69, 9.17) is 11.6 Å². The molecule has 0 radical (unpaired) electrons. The lowest BCUT2D eigenvalue weighted by Crippen LogP contribution is -2.54. The zero-order chi connectivity index (χ0) is 31.5. The number of piperidine rings is 2. The topological polar surface area (TPSA) is 112 Å². The van der Waals surface area contributed by atoms with Crippen molar-refractivity contribution in [2.24, 2.45) is 11.3 Å². The summed E-state index contributed by atoms with van der Waals surface area (Å²) in [4.78, 5) is 47.9. The predicted molar refractivity (Wildman–Crippen MR) is 174 cm³/mol. The number of rotatable bonds is 13. The maximum Gasteiger partial charge on any atom is 0.245 e. The number of nitrogens with zero attached hydrogens (tertiary/aromatic N) is 5. The molecule has 2 N–H and O–H groups in total. The van der Waals surface area contributed by atoms with Gasteiger partial charge in [0, 0.05) is 57.0 Å². The first-order valence-electron chi connectivity index (χ1n) is 17.0. The van der Waals surface area contributed by atoms with Gasteiger partial charge in [-0.1, -0.05) is 49.4 Å². The largest absolute Gasteiger partial charge is 0.356 e. The van der Waals surface area contributed by atoms with Crippen LogP contribution in [-0.2, 0) is 27.3 Å². The fourth-order valence-electron chi connectivity index (χ4n) is 7.61. The molecule has 3 amide bonds. The van der Waals surface area contributed by atoms with E-state index in [1.807, 2.05) is 33.8 Å². The van der Waals surface area contributed by atoms with E-state index in [1.165, 1.54) is 51.4 Å². The minimum absolute atomic E-state index is 0.0391. The van der Waals surface area contributed by atoms with Crippen LogP contribution in [-0.4, -0.2) is 87.6 Å². The van der Waals surface area contributed by atoms with Crippen molar-refractivity contribution in [3.63, 3.8) is 0 Å². The average molecular weight is 640 g/mol. The smallest absolute Gasteiger partial charge is 0.245 e. The Morgan fingerprint density at radius 1 is 0.911 bits per heavy atom. The molecule has 246 valence electrons. The van der Waals surface area contributed by atoms with E-state index < -0.39 is 6.04 Å². The van der Waals surface area contributed by atoms with Crippen LogP contribution in [0.2, 0.25) is 5.02 Å². The third-order valence-corrected chi connectivity index (χ3v) is 10.5. The van der Waals surface area contributed by atoms with E-state index >= 15 is 0 Å². The van der Waals surface area contributed by atoms with E-state index in [2.05, 4.69) is 25.6 Å². The molecule has 2 aromatic rings. The molecule has 3 aliphatic rings. The van der Waals surface area contributed by atoms with Crippen molar-refractivity contribution in [1.29, 1.82) is 0 Å². The van der Waals surface area contributed by atoms with Crippen LogP contribution in [0.25, 0.3) is 0 Å². The molecule has 1 saturated carbocycles. The van der Waals surface area contributed by atoms with Crippen LogP contribution in [0.3, 0.4) is 0 Å². The molecule has 10 nitrogen and oxygen atoms in total. The number of hydrogen-bond acceptors (Lipinski definition) is 6. The van der Waals surface area contributed by atoms with E-state index in [-0.39, 0.29) is 36.1 Å². The molecule has 1 aromatic heterocycles. The Hall–Kier alpha value is -2.98. The van der Waals surface area contributed by atoms with Crippen LogP contribution >= 0.6 is 11.6 Å². The minimum atomic E-state index is -0.689. The van der Waals surface area contributed by atoms with Gasteiger partial charge < -0.3 is 20.4 Å². The van der Waals surface area contributed by atoms with E-state index in [0.29, 0.717) is 36.9 Å². The summed E-state index contributed by atoms with van der Waals surface area (Å²) in [7, 11) is 0. The summed E-state index contributed by atoms with van der Waals surface area (Å²) in [5.41, 5.74) is 1.02. The molecule has 0 unspecified atom stereocenters. The van der Waals surface area contributed by atoms with E-state index in [0.717, 1.165) is 44.6 Å². The number of carbonyl (C=O) groups excluding carboxylic acids is 3. The van der Waals surface area contributed by atoms with Gasteiger partial charge >= 0.3 is 0 Å². The summed E-state index contributed by atoms with van der Waals surface area (Å²) >= 11 is 6.12. The second kappa shape index (κ2) is 16.5. The molecule has 3 fully saturated rings. The number of halogens is 1. The summed E-state index contributed by atoms with van der Waals surface area (Å²) in [6.07, 6.45) is 16.1. The van der Waals surface area contributed by atoms with E-state index in [9.17, 15) is 14.4 Å². The fourth-order valence-corrected chi connectivity index (χ4v) is 7.74. The van der Waals surface area contributed by atoms with Crippen molar-refractivity contribution in [2.75, 3.05) is 39.3 Å². The van der Waals surface area contributed by atoms with Gasteiger partial charge in [0.1, 0.15) is 18.7 Å². The second-order valence-electron chi connectivity index (χ2n) is 13.3. The molecule has 3 heterocycles. The van der Waals surface area contributed by atoms with Crippen LogP contribution in [0.5, 0.6) is 0 Å². The van der Waals surface area contributed by atoms with Gasteiger partial charge in [-0.25, -0.2) is 4.98 Å². The average Bonchev–Trinajstić information content (AvgIpc) is 3.58. The Kier molecular flexibility index (Phi) is 12.3. The first-order valence-corrected chi connectivity index (χ1v) is 17.4. The van der Waals surface area contributed by atoms with Crippen molar-refractivity contribution in [2.45, 2.75) is 96.1 Å². The lowest BCUT2D eigenvalue weighted by molar-refractivity contribution is -0.139. The van der Waals surface area contributed by atoms with Gasteiger partial charge in [0.15, 0.2) is 0 Å². The standard InChI is InChI=1S/C34H50ClN7O3/c35-29-11-9-27(10-12-29)23-30(39-32(44)13-17-37-31(43)14-20-40-18-5-2-6-19-40)33(45)41-21-15-34(16-22-41,24-42-26-36-25-38-42)28-7-3-1-4-8-28/h9-12,25-26,28,30H,1-8,13-24H2,(H,37,43)(H,39,44)/t30-/m1/s1. The number of likely N-dealkylation sites (tertiary alicyclic amines) is 2. The molecule has 45 heavy (non-hydrogen) atoms. The highest BCUT2D eigenvalue weighted by Gasteiger charge is 2.43. The van der Waals surface area contributed by atoms with Crippen LogP contribution in [0.4, 0.5) is 0 Å². The highest BCUT2D eigenvalue weighted by molar-refractivity contribution is 6.30. The normalized spacial score (nSPS) is 20.0. The summed E-state index contributed by atoms with van der Waals surface area (Å²) in [5, 5.41) is 10.9. The Morgan fingerprint density at radius 3 is 2.31 bits per heavy atom. The molecule has 1 aromatic carbocycles. The summed E-state index contributed by atoms with van der Waals surface area (Å²) in [6, 6.07) is 6.73. The van der Waals surface area contributed by atoms with Gasteiger partial charge in [-0.3, -0.25) is 19.1 Å². The van der Waals surface area contributed by atoms with Crippen molar-refractivity contribution >= 4 is 29.3 Å². The van der Waals surface area contributed by atoms with Crippen molar-refractivity contribution < 1.29 is 14.4 Å². The summed E-state index contributed by atoms with van der Waals surface area (Å²) in [5.74, 6) is 0.287. The maximum atomic E-state index is 14.0. The SMILES string of the molecule is O=C(CCN1CCCCC1)NCCC(=O)N[C@H](Cc1ccc(Cl)cc1)C(=O)N1CCC(Cn2cncn2)(C2CCCCC2)CC1. The highest BCUT2D eigenvalue weighted by atomic mass is 35.5. The van der Waals surface area contributed by atoms with Gasteiger partial charge in [-0.05, 0) is 80.6 Å². The summed E-state index contributed by atoms with van der Waals surface area (Å²) in [6.45, 7) is 5.26. The Morgan fingerprint density at radius 2 is 1.62 bits per heavy atom. The third-order valence-electron chi connectivity index (χ3n) is 10.2. The quantitative estimate of drug-likeness (QED) is 0.339. The molecular formula is C34H50ClN7O3. The fraction of sp³-hybridized carbons (Fsp3) is 0.676. The highest BCUT2D eigenvalue weighted by Crippen LogP contribution is 2.47. The molecular weight excluding hydrogens is 590 g/mol. The number of hydrogen-bond donors (Lipinski definition) is 2. The molecule has 0 bridgehead atoms. The second-order valence-corrected chi connectivity index (χ2v) is 13.8. The summed E-state index contributed by atoms with van der Waals surface area (Å²) < 4.78 is 1.96. The van der Waals surface area contributed by atoms with Crippen molar-refractivity contribution in [1.82, 2.24) is 35.2 Å². The van der Waals surface area contributed by atoms with Gasteiger partial charge in [0.2, 0.25) is 17.7 Å². The molecule has 2 saturated heterocycles. The molecule has 2 aliphatic heterocycles. The first kappa shape index (κ1) is 33.4. The molecule has 1 aliphatic carbocycles. The van der Waals surface area contributed by atoms with Gasteiger partial charge in [0.25, 0.3) is 0 Å². The van der Waals surface area contributed by atoms with E-state index in [1.54, 1.807) is 12.7 Å². The van der Waals surface area contributed by atoms with Gasteiger partial charge in [-0.2, -0.15) is 5.10 Å². The predicted octanol–water partition coefficient (Wildman–Crippen LogP) is 4.23. The number of aromatic nitrogens is 3. The number of nitrogens with one attached hydrogen (secondary N) is 2. The lowest BCUT2D eigenvalue weighted by atomic mass is 9.63. The monoisotopic (exact) mass is 639 g/mol. The Bertz CT molecular complexity index is 1220. The maximum absolute atomic E-state index is 14.0. The van der Waals surface area contributed by atoms with Gasteiger partial charge in [0.05, 0.1) is 0 Å². The zero-order valence-corrected chi connectivity index (χ0v) is 27.4. The molecule has 0 spiro atoms. The first-order chi connectivity index (χ1) is 21.9. The molecule has 11 heteroatoms. The number of amides is 3. The van der Waals surface area contributed by atoms with Crippen LogP contribution in [0.1, 0.15) is 82.6 Å². The molecule has 1 atom stereocenters. The number of carbonyl (C=O) groups is 3. The lowest BCUT2D eigenvalue weighted by Gasteiger charge is -2.48. The van der Waals surface area contributed by atoms with Crippen LogP contribution in [0, 0.1) is 11.3 Å². The van der Waals surface area contributed by atoms with Gasteiger partial charge in [-0.15, -0.1) is 0 Å². The molecule has 5 rings (SSSR count). The zero-order valence-electron chi connectivity index (χ0n) is 26.6. The number of benzene rings is 1. The van der Waals surface area contributed by atoms with Crippen LogP contribution < -0.4 is 10.6 Å². The van der Waals surface area contributed by atoms with Crippen molar-refractivity contribution in [3.8, 4) is 0 Å². The van der Waals surface area contributed by atoms with Crippen LogP contribution in [0.15, 0.2) is 36.9 Å². The Balaban J connectivity index is 1.17. The minimum Gasteiger partial charge on any atom is -0.356 e. The Labute approximate surface area is 272 Å².